The number of allylic oxidation sites excluding steroid dienone is 6. The number of cyclic esters (lactones) is 2. The number of rotatable bonds is 26. The van der Waals surface area contributed by atoms with E-state index in [0.717, 1.165) is 119 Å². The average molecular weight is 1330 g/mol. The van der Waals surface area contributed by atoms with E-state index in [1.807, 2.05) is 108 Å². The first-order valence-electron chi connectivity index (χ1n) is 32.4. The molecule has 0 saturated carbocycles. The van der Waals surface area contributed by atoms with E-state index in [4.69, 9.17) is 45.1 Å². The van der Waals surface area contributed by atoms with Gasteiger partial charge in [-0.05, 0) is 161 Å². The van der Waals surface area contributed by atoms with Crippen LogP contribution < -0.4 is 0 Å². The first-order chi connectivity index (χ1) is 44.1. The first kappa shape index (κ1) is 76.8. The monoisotopic (exact) mass is 1320 g/mol. The van der Waals surface area contributed by atoms with Crippen molar-refractivity contribution in [3.63, 3.8) is 0 Å². The summed E-state index contributed by atoms with van der Waals surface area (Å²) in [5, 5.41) is 25.7. The number of thiazole rings is 2. The third-order valence-electron chi connectivity index (χ3n) is 16.2. The minimum Gasteiger partial charge on any atom is -0.447 e. The molecule has 8 atom stereocenters. The highest BCUT2D eigenvalue weighted by atomic mass is 35.5. The summed E-state index contributed by atoms with van der Waals surface area (Å²) < 4.78 is 32.8. The number of amides is 4. The van der Waals surface area contributed by atoms with Crippen LogP contribution in [0.3, 0.4) is 0 Å². The SMILES string of the molecule is C/C(=C/C[C@H](C)/C(C)=C/c1csc(C)n1)CCl.C/C(=C/C[C@H](C)/C(C)=C/c1csc(C)n1)CO.C/C(=C/C[C@H](C)C(=O)N1C(=O)OC[C@@H]1Cc1ccccc1)COC1CCCCO1.C/C(=C/C[C@H](O)C(=O)N1C(=O)OC[C@@H]1Cc1ccccc1)COC1CCCCO1. The van der Waals surface area contributed by atoms with Gasteiger partial charge >= 0.3 is 12.2 Å². The summed E-state index contributed by atoms with van der Waals surface area (Å²) >= 11 is 9.13. The predicted molar refractivity (Wildman–Crippen MR) is 369 cm³/mol. The van der Waals surface area contributed by atoms with E-state index in [2.05, 4.69) is 79.7 Å². The second-order valence-electron chi connectivity index (χ2n) is 24.5. The lowest BCUT2D eigenvalue weighted by Crippen LogP contribution is -2.45. The third kappa shape index (κ3) is 28.0. The van der Waals surface area contributed by atoms with Crippen LogP contribution in [0.15, 0.2) is 129 Å². The van der Waals surface area contributed by atoms with E-state index in [0.29, 0.717) is 50.2 Å². The number of aryl methyl sites for hydroxylation is 2. The Morgan fingerprint density at radius 2 is 1.02 bits per heavy atom. The maximum absolute atomic E-state index is 12.9. The van der Waals surface area contributed by atoms with Crippen molar-refractivity contribution in [1.29, 1.82) is 0 Å². The Balaban J connectivity index is 0.000000230. The molecule has 6 heterocycles. The van der Waals surface area contributed by atoms with Crippen LogP contribution in [0, 0.1) is 31.6 Å². The van der Waals surface area contributed by atoms with Crippen LogP contribution in [0.5, 0.6) is 0 Å². The molecule has 4 saturated heterocycles. The van der Waals surface area contributed by atoms with E-state index in [-0.39, 0.29) is 56.7 Å². The summed E-state index contributed by atoms with van der Waals surface area (Å²) in [4.78, 5) is 61.0. The number of aliphatic hydroxyl groups excluding tert-OH is 2. The number of nitrogens with zero attached hydrogens (tertiary/aromatic N) is 4. The van der Waals surface area contributed by atoms with Gasteiger partial charge in [0.2, 0.25) is 5.91 Å². The van der Waals surface area contributed by atoms with Gasteiger partial charge in [0.25, 0.3) is 5.91 Å². The van der Waals surface area contributed by atoms with Gasteiger partial charge in [0.1, 0.15) is 19.3 Å². The molecule has 4 aromatic rings. The van der Waals surface area contributed by atoms with Gasteiger partial charge in [-0.15, -0.1) is 34.3 Å². The Hall–Kier alpha value is -5.93. The predicted octanol–water partition coefficient (Wildman–Crippen LogP) is 15.8. The fourth-order valence-electron chi connectivity index (χ4n) is 9.97. The third-order valence-corrected chi connectivity index (χ3v) is 18.2. The molecular formula is C73H101ClN4O12S2. The molecule has 0 aliphatic carbocycles. The van der Waals surface area contributed by atoms with Crippen molar-refractivity contribution < 1.29 is 57.8 Å². The number of ether oxygens (including phenoxy) is 6. The fourth-order valence-corrected chi connectivity index (χ4v) is 11.2. The van der Waals surface area contributed by atoms with Gasteiger partial charge in [0.05, 0.1) is 53.3 Å². The van der Waals surface area contributed by atoms with E-state index < -0.39 is 30.2 Å². The quantitative estimate of drug-likeness (QED) is 0.0445. The summed E-state index contributed by atoms with van der Waals surface area (Å²) in [5.41, 5.74) is 11.2. The molecule has 2 unspecified atom stereocenters. The van der Waals surface area contributed by atoms with Crippen LogP contribution in [0.4, 0.5) is 9.59 Å². The average Bonchev–Trinajstić information content (AvgIpc) is 1.75. The molecule has 16 nitrogen and oxygen atoms in total. The van der Waals surface area contributed by atoms with Crippen molar-refractivity contribution in [2.45, 2.75) is 184 Å². The normalized spacial score (nSPS) is 20.5. The van der Waals surface area contributed by atoms with Crippen molar-refractivity contribution in [2.24, 2.45) is 17.8 Å². The molecule has 92 heavy (non-hydrogen) atoms. The molecule has 0 radical (unpaired) electrons. The van der Waals surface area contributed by atoms with Gasteiger partial charge in [-0.2, -0.15) is 0 Å². The zero-order chi connectivity index (χ0) is 67.0. The maximum atomic E-state index is 12.9. The van der Waals surface area contributed by atoms with Crippen molar-refractivity contribution in [2.75, 3.05) is 52.1 Å². The van der Waals surface area contributed by atoms with E-state index in [9.17, 15) is 24.3 Å². The molecule has 4 amide bonds. The Bertz CT molecular complexity index is 2870. The molecule has 0 bridgehead atoms. The smallest absolute Gasteiger partial charge is 0.417 e. The molecule has 4 aliphatic rings. The minimum atomic E-state index is -1.31. The lowest BCUT2D eigenvalue weighted by atomic mass is 9.97. The number of halogens is 1. The Labute approximate surface area is 560 Å². The van der Waals surface area contributed by atoms with Crippen LogP contribution in [0.1, 0.15) is 159 Å². The number of hydrogen-bond donors (Lipinski definition) is 2. The van der Waals surface area contributed by atoms with Crippen LogP contribution in [-0.4, -0.2) is 137 Å². The Morgan fingerprint density at radius 1 is 0.609 bits per heavy atom. The summed E-state index contributed by atoms with van der Waals surface area (Å²) in [5.74, 6) is 0.525. The summed E-state index contributed by atoms with van der Waals surface area (Å²) in [7, 11) is 0. The number of alkyl halides is 1. The number of carbonyl (C=O) groups excluding carboxylic acids is 4. The largest absolute Gasteiger partial charge is 0.447 e. The highest BCUT2D eigenvalue weighted by Crippen LogP contribution is 2.26. The number of imide groups is 2. The summed E-state index contributed by atoms with van der Waals surface area (Å²) in [6, 6.07) is 18.8. The standard InChI is InChI=1S/C23H31NO5.C22H29NO6.C14H20ClNS.C14H21NOS/c1-17(15-28-21-10-6-7-13-27-21)11-12-18(2)22(25)24-20(16-29-23(24)26)14-19-8-4-3-5-9-19;1-16(14-28-20-9-5-6-12-27-20)10-11-19(24)21(25)23-18(15-29-22(23)26)13-17-7-3-2-4-8-17;1-10(8-15)5-6-11(2)12(3)7-14-9-17-13(4)16-14;1-10(8-16)5-6-11(2)12(3)7-14-9-17-13(4)15-14/h3-5,8-9,11,18,20-21H,6-7,10,12-16H2,1-2H3;2-4,7-8,10,18-20,24H,5-6,9,11-15H2,1H3;5,7,9,11H,6,8H2,1-4H3;5,7,9,11,16H,6,8H2,1-4H3/b17-11-;16-10-;2*10-5-,12-7+/t18-,20-,21?;18-,19-,20?;2*11-/m0000/s1. The topological polar surface area (TPSA) is 196 Å². The Morgan fingerprint density at radius 3 is 1.42 bits per heavy atom. The highest BCUT2D eigenvalue weighted by molar-refractivity contribution is 7.09. The van der Waals surface area contributed by atoms with Crippen LogP contribution >= 0.6 is 34.3 Å². The lowest BCUT2D eigenvalue weighted by molar-refractivity contribution is -0.157. The van der Waals surface area contributed by atoms with Crippen molar-refractivity contribution in [3.05, 3.63) is 162 Å². The van der Waals surface area contributed by atoms with Crippen LogP contribution in [0.2, 0.25) is 0 Å². The number of carbonyl (C=O) groups is 4. The molecule has 0 spiro atoms. The maximum Gasteiger partial charge on any atom is 0.417 e. The van der Waals surface area contributed by atoms with E-state index >= 15 is 0 Å². The molecule has 4 fully saturated rings. The number of aromatic nitrogens is 2. The zero-order valence-electron chi connectivity index (χ0n) is 56.1. The molecule has 2 N–H and O–H groups in total. The second-order valence-corrected chi connectivity index (χ2v) is 26.9. The van der Waals surface area contributed by atoms with Gasteiger partial charge in [-0.1, -0.05) is 139 Å². The van der Waals surface area contributed by atoms with Gasteiger partial charge in [-0.3, -0.25) is 9.59 Å². The van der Waals surface area contributed by atoms with E-state index in [1.165, 1.54) is 21.6 Å². The molecule has 8 rings (SSSR count). The second kappa shape index (κ2) is 41.7. The number of benzene rings is 2. The summed E-state index contributed by atoms with van der Waals surface area (Å²) in [6.07, 6.45) is 19.6. The Kier molecular flexibility index (Phi) is 34.8. The van der Waals surface area contributed by atoms with Crippen LogP contribution in [0.25, 0.3) is 12.2 Å². The van der Waals surface area contributed by atoms with Crippen molar-refractivity contribution in [3.8, 4) is 0 Å². The molecule has 19 heteroatoms. The van der Waals surface area contributed by atoms with Gasteiger partial charge in [0.15, 0.2) is 12.6 Å². The highest BCUT2D eigenvalue weighted by Gasteiger charge is 2.41. The first-order valence-corrected chi connectivity index (χ1v) is 34.7. The zero-order valence-corrected chi connectivity index (χ0v) is 58.5. The number of hydrogen-bond acceptors (Lipinski definition) is 16. The van der Waals surface area contributed by atoms with Crippen molar-refractivity contribution >= 4 is 70.4 Å². The molecule has 4 aliphatic heterocycles. The van der Waals surface area contributed by atoms with Crippen LogP contribution in [-0.2, 0) is 50.9 Å². The summed E-state index contributed by atoms with van der Waals surface area (Å²) in [6.45, 7) is 25.4. The van der Waals surface area contributed by atoms with Crippen molar-refractivity contribution in [1.82, 2.24) is 19.8 Å². The minimum absolute atomic E-state index is 0.112. The van der Waals surface area contributed by atoms with E-state index in [1.54, 1.807) is 28.7 Å². The molecule has 2 aromatic heterocycles. The lowest BCUT2D eigenvalue weighted by Gasteiger charge is -2.23. The van der Waals surface area contributed by atoms with Gasteiger partial charge in [-0.25, -0.2) is 29.4 Å². The molecular weight excluding hydrogens is 1220 g/mol. The molecule has 2 aromatic carbocycles. The van der Waals surface area contributed by atoms with Gasteiger partial charge < -0.3 is 38.6 Å². The fraction of sp³-hybridized carbons (Fsp3) is 0.534. The number of aliphatic hydroxyl groups is 2. The molecule has 504 valence electrons. The van der Waals surface area contributed by atoms with Gasteiger partial charge in [0, 0.05) is 42.2 Å².